The number of hydrogen-bond acceptors (Lipinski definition) is 1. The van der Waals surface area contributed by atoms with Gasteiger partial charge in [0, 0.05) is 6.04 Å². The van der Waals surface area contributed by atoms with E-state index in [1.807, 2.05) is 0 Å². The molecular formula is C13H27N. The molecule has 0 heterocycles. The Hall–Kier alpha value is -0.0400. The maximum Gasteiger partial charge on any atom is 0.00104 e. The number of hydrogen-bond donors (Lipinski definition) is 1. The van der Waals surface area contributed by atoms with Gasteiger partial charge in [-0.1, -0.05) is 59.3 Å². The van der Waals surface area contributed by atoms with Crippen LogP contribution >= 0.6 is 0 Å². The predicted octanol–water partition coefficient (Wildman–Crippen LogP) is 3.59. The van der Waals surface area contributed by atoms with E-state index < -0.39 is 0 Å². The SMILES string of the molecule is CC(C)NCC(C)C1CCCCCC1. The molecule has 0 saturated heterocycles. The molecule has 1 heteroatoms. The van der Waals surface area contributed by atoms with E-state index >= 15 is 0 Å². The van der Waals surface area contributed by atoms with Crippen molar-refractivity contribution in [3.63, 3.8) is 0 Å². The lowest BCUT2D eigenvalue weighted by atomic mass is 9.87. The predicted molar refractivity (Wildman–Crippen MR) is 63.5 cm³/mol. The van der Waals surface area contributed by atoms with Gasteiger partial charge in [0.25, 0.3) is 0 Å². The molecule has 0 spiro atoms. The first-order chi connectivity index (χ1) is 6.70. The van der Waals surface area contributed by atoms with Crippen molar-refractivity contribution in [1.29, 1.82) is 0 Å². The minimum atomic E-state index is 0.642. The Morgan fingerprint density at radius 3 is 2.07 bits per heavy atom. The van der Waals surface area contributed by atoms with Crippen molar-refractivity contribution in [1.82, 2.24) is 5.32 Å². The van der Waals surface area contributed by atoms with Crippen LogP contribution in [-0.4, -0.2) is 12.6 Å². The fourth-order valence-electron chi connectivity index (χ4n) is 2.47. The highest BCUT2D eigenvalue weighted by Crippen LogP contribution is 2.28. The van der Waals surface area contributed by atoms with Crippen LogP contribution < -0.4 is 5.32 Å². The third-order valence-corrected chi connectivity index (χ3v) is 3.55. The van der Waals surface area contributed by atoms with Crippen molar-refractivity contribution in [3.8, 4) is 0 Å². The molecule has 84 valence electrons. The summed E-state index contributed by atoms with van der Waals surface area (Å²) in [5.74, 6) is 1.86. The molecule has 0 aromatic carbocycles. The molecule has 0 aromatic rings. The van der Waals surface area contributed by atoms with Crippen LogP contribution in [0.1, 0.15) is 59.3 Å². The Balaban J connectivity index is 2.23. The third kappa shape index (κ3) is 4.45. The van der Waals surface area contributed by atoms with Crippen LogP contribution in [-0.2, 0) is 0 Å². The first kappa shape index (κ1) is 12.0. The molecule has 1 aliphatic rings. The van der Waals surface area contributed by atoms with E-state index in [0.717, 1.165) is 11.8 Å². The molecule has 1 unspecified atom stereocenters. The normalized spacial score (nSPS) is 22.3. The first-order valence-corrected chi connectivity index (χ1v) is 6.43. The van der Waals surface area contributed by atoms with Gasteiger partial charge in [-0.05, 0) is 18.4 Å². The fourth-order valence-corrected chi connectivity index (χ4v) is 2.47. The number of rotatable bonds is 4. The molecule has 0 bridgehead atoms. The summed E-state index contributed by atoms with van der Waals surface area (Å²) in [7, 11) is 0. The van der Waals surface area contributed by atoms with E-state index in [1.165, 1.54) is 45.1 Å². The summed E-state index contributed by atoms with van der Waals surface area (Å²) >= 11 is 0. The Morgan fingerprint density at radius 2 is 1.57 bits per heavy atom. The molecule has 1 aliphatic carbocycles. The summed E-state index contributed by atoms with van der Waals surface area (Å²) < 4.78 is 0. The highest BCUT2D eigenvalue weighted by Gasteiger charge is 2.18. The van der Waals surface area contributed by atoms with Gasteiger partial charge in [-0.3, -0.25) is 0 Å². The van der Waals surface area contributed by atoms with Crippen molar-refractivity contribution in [2.24, 2.45) is 11.8 Å². The zero-order valence-corrected chi connectivity index (χ0v) is 10.2. The van der Waals surface area contributed by atoms with Gasteiger partial charge < -0.3 is 5.32 Å². The summed E-state index contributed by atoms with van der Waals surface area (Å²) in [4.78, 5) is 0. The van der Waals surface area contributed by atoms with Gasteiger partial charge in [0.2, 0.25) is 0 Å². The standard InChI is InChI=1S/C13H27N/c1-11(2)14-10-12(3)13-8-6-4-5-7-9-13/h11-14H,4-10H2,1-3H3. The molecule has 1 N–H and O–H groups in total. The average molecular weight is 197 g/mol. The maximum absolute atomic E-state index is 3.56. The highest BCUT2D eigenvalue weighted by atomic mass is 14.9. The zero-order chi connectivity index (χ0) is 10.4. The van der Waals surface area contributed by atoms with Crippen LogP contribution in [0.3, 0.4) is 0 Å². The van der Waals surface area contributed by atoms with E-state index in [0.29, 0.717) is 6.04 Å². The van der Waals surface area contributed by atoms with Crippen molar-refractivity contribution in [3.05, 3.63) is 0 Å². The largest absolute Gasteiger partial charge is 0.314 e. The highest BCUT2D eigenvalue weighted by molar-refractivity contribution is 4.72. The monoisotopic (exact) mass is 197 g/mol. The van der Waals surface area contributed by atoms with Crippen molar-refractivity contribution < 1.29 is 0 Å². The van der Waals surface area contributed by atoms with Crippen LogP contribution in [0.4, 0.5) is 0 Å². The Bertz CT molecular complexity index is 134. The summed E-state index contributed by atoms with van der Waals surface area (Å²) in [6, 6.07) is 0.642. The molecule has 1 fully saturated rings. The van der Waals surface area contributed by atoms with E-state index in [1.54, 1.807) is 0 Å². The summed E-state index contributed by atoms with van der Waals surface area (Å²) in [5.41, 5.74) is 0. The molecule has 1 saturated carbocycles. The topological polar surface area (TPSA) is 12.0 Å². The average Bonchev–Trinajstić information content (AvgIpc) is 2.42. The van der Waals surface area contributed by atoms with Gasteiger partial charge in [0.15, 0.2) is 0 Å². The Morgan fingerprint density at radius 1 is 1.00 bits per heavy atom. The van der Waals surface area contributed by atoms with E-state index in [-0.39, 0.29) is 0 Å². The van der Waals surface area contributed by atoms with Crippen LogP contribution in [0, 0.1) is 11.8 Å². The zero-order valence-electron chi connectivity index (χ0n) is 10.2. The summed E-state index contributed by atoms with van der Waals surface area (Å²) in [5, 5.41) is 3.56. The van der Waals surface area contributed by atoms with Crippen LogP contribution in [0.2, 0.25) is 0 Å². The van der Waals surface area contributed by atoms with Crippen LogP contribution in [0.15, 0.2) is 0 Å². The van der Waals surface area contributed by atoms with Crippen molar-refractivity contribution in [2.75, 3.05) is 6.54 Å². The minimum Gasteiger partial charge on any atom is -0.314 e. The summed E-state index contributed by atoms with van der Waals surface area (Å²) in [6.45, 7) is 8.10. The second-order valence-electron chi connectivity index (χ2n) is 5.29. The van der Waals surface area contributed by atoms with E-state index in [4.69, 9.17) is 0 Å². The van der Waals surface area contributed by atoms with Crippen molar-refractivity contribution in [2.45, 2.75) is 65.3 Å². The van der Waals surface area contributed by atoms with Gasteiger partial charge in [-0.15, -0.1) is 0 Å². The fraction of sp³-hybridized carbons (Fsp3) is 1.00. The first-order valence-electron chi connectivity index (χ1n) is 6.43. The van der Waals surface area contributed by atoms with Gasteiger partial charge in [0.1, 0.15) is 0 Å². The second kappa shape index (κ2) is 6.44. The van der Waals surface area contributed by atoms with Gasteiger partial charge in [0.05, 0.1) is 0 Å². The minimum absolute atomic E-state index is 0.642. The summed E-state index contributed by atoms with van der Waals surface area (Å²) in [6.07, 6.45) is 8.83. The Kier molecular flexibility index (Phi) is 5.54. The third-order valence-electron chi connectivity index (χ3n) is 3.55. The molecule has 1 nitrogen and oxygen atoms in total. The van der Waals surface area contributed by atoms with Gasteiger partial charge >= 0.3 is 0 Å². The molecule has 0 aliphatic heterocycles. The van der Waals surface area contributed by atoms with Crippen LogP contribution in [0.25, 0.3) is 0 Å². The molecule has 1 rings (SSSR count). The molecular weight excluding hydrogens is 170 g/mol. The van der Waals surface area contributed by atoms with Gasteiger partial charge in [-0.2, -0.15) is 0 Å². The molecule has 0 radical (unpaired) electrons. The molecule has 0 aromatic heterocycles. The smallest absolute Gasteiger partial charge is 0.00104 e. The lowest BCUT2D eigenvalue weighted by Gasteiger charge is -2.23. The lowest BCUT2D eigenvalue weighted by molar-refractivity contribution is 0.301. The maximum atomic E-state index is 3.56. The second-order valence-corrected chi connectivity index (χ2v) is 5.29. The quantitative estimate of drug-likeness (QED) is 0.679. The van der Waals surface area contributed by atoms with Crippen molar-refractivity contribution >= 4 is 0 Å². The van der Waals surface area contributed by atoms with E-state index in [9.17, 15) is 0 Å². The molecule has 14 heavy (non-hydrogen) atoms. The lowest BCUT2D eigenvalue weighted by Crippen LogP contribution is -2.31. The molecule has 1 atom stereocenters. The molecule has 0 amide bonds. The Labute approximate surface area is 89.7 Å². The van der Waals surface area contributed by atoms with Gasteiger partial charge in [-0.25, -0.2) is 0 Å². The van der Waals surface area contributed by atoms with Crippen LogP contribution in [0.5, 0.6) is 0 Å². The van der Waals surface area contributed by atoms with E-state index in [2.05, 4.69) is 26.1 Å². The number of nitrogens with one attached hydrogen (secondary N) is 1.